The van der Waals surface area contributed by atoms with E-state index in [1.807, 2.05) is 20.8 Å². The molecule has 2 N–H and O–H groups in total. The van der Waals surface area contributed by atoms with Gasteiger partial charge in [0, 0.05) is 12.1 Å². The maximum absolute atomic E-state index is 13.9. The summed E-state index contributed by atoms with van der Waals surface area (Å²) in [6, 6.07) is -0.776. The highest BCUT2D eigenvalue weighted by molar-refractivity contribution is 5.70. The normalized spacial score (nSPS) is 37.1. The second kappa shape index (κ2) is 4.12. The van der Waals surface area contributed by atoms with Crippen molar-refractivity contribution in [2.24, 2.45) is 5.73 Å². The summed E-state index contributed by atoms with van der Waals surface area (Å²) in [5.74, 6) is 0. The van der Waals surface area contributed by atoms with Crippen LogP contribution in [-0.4, -0.2) is 40.9 Å². The van der Waals surface area contributed by atoms with E-state index < -0.39 is 29.9 Å². The second-order valence-electron chi connectivity index (χ2n) is 6.03. The lowest BCUT2D eigenvalue weighted by atomic mass is 9.97. The highest BCUT2D eigenvalue weighted by Crippen LogP contribution is 2.37. The second-order valence-corrected chi connectivity index (χ2v) is 6.03. The zero-order valence-electron chi connectivity index (χ0n) is 10.6. The molecule has 0 aromatic rings. The number of carbonyl (C=O) groups excluding carboxylic acids is 1. The Labute approximate surface area is 101 Å². The molecule has 4 nitrogen and oxygen atoms in total. The number of fused-ring (bicyclic) bond motifs is 2. The Kier molecular flexibility index (Phi) is 3.06. The molecule has 4 atom stereocenters. The minimum Gasteiger partial charge on any atom is -0.444 e. The van der Waals surface area contributed by atoms with Crippen LogP contribution in [0.25, 0.3) is 0 Å². The number of hydrogen-bond donors (Lipinski definition) is 1. The van der Waals surface area contributed by atoms with Crippen molar-refractivity contribution in [3.63, 3.8) is 0 Å². The number of rotatable bonds is 0. The van der Waals surface area contributed by atoms with Gasteiger partial charge >= 0.3 is 6.09 Å². The number of halogens is 1. The molecule has 0 aromatic carbocycles. The molecule has 1 amide bonds. The van der Waals surface area contributed by atoms with Gasteiger partial charge in [0.1, 0.15) is 11.8 Å². The van der Waals surface area contributed by atoms with E-state index in [1.165, 1.54) is 0 Å². The molecule has 2 rings (SSSR count). The van der Waals surface area contributed by atoms with E-state index in [4.69, 9.17) is 10.5 Å². The van der Waals surface area contributed by atoms with Crippen LogP contribution in [-0.2, 0) is 4.74 Å². The third-order valence-corrected chi connectivity index (χ3v) is 3.47. The maximum Gasteiger partial charge on any atom is 0.410 e. The minimum absolute atomic E-state index is 0.0526. The predicted octanol–water partition coefficient (Wildman–Crippen LogP) is 1.82. The fourth-order valence-electron chi connectivity index (χ4n) is 2.78. The van der Waals surface area contributed by atoms with Crippen LogP contribution >= 0.6 is 0 Å². The Hall–Kier alpha value is -0.840. The summed E-state index contributed by atoms with van der Waals surface area (Å²) >= 11 is 0. The van der Waals surface area contributed by atoms with Gasteiger partial charge in [-0.15, -0.1) is 0 Å². The Morgan fingerprint density at radius 2 is 2.06 bits per heavy atom. The van der Waals surface area contributed by atoms with Gasteiger partial charge in [0.05, 0.1) is 6.04 Å². The molecule has 2 bridgehead atoms. The van der Waals surface area contributed by atoms with E-state index in [2.05, 4.69) is 0 Å². The minimum atomic E-state index is -1.12. The first kappa shape index (κ1) is 12.6. The number of amides is 1. The summed E-state index contributed by atoms with van der Waals surface area (Å²) in [4.78, 5) is 13.6. The summed E-state index contributed by atoms with van der Waals surface area (Å²) in [6.45, 7) is 5.44. The topological polar surface area (TPSA) is 55.6 Å². The van der Waals surface area contributed by atoms with E-state index in [1.54, 1.807) is 4.90 Å². The molecule has 0 saturated carbocycles. The van der Waals surface area contributed by atoms with Gasteiger partial charge in [-0.05, 0) is 40.0 Å². The summed E-state index contributed by atoms with van der Waals surface area (Å²) in [5, 5.41) is 0. The van der Waals surface area contributed by atoms with Crippen molar-refractivity contribution in [3.05, 3.63) is 0 Å². The van der Waals surface area contributed by atoms with Gasteiger partial charge in [0.2, 0.25) is 0 Å². The molecule has 2 saturated heterocycles. The molecule has 5 heteroatoms. The molecule has 2 fully saturated rings. The molecule has 2 aliphatic rings. The Bertz CT molecular complexity index is 316. The van der Waals surface area contributed by atoms with E-state index in [0.717, 1.165) is 6.42 Å². The quantitative estimate of drug-likeness (QED) is 0.707. The van der Waals surface area contributed by atoms with Gasteiger partial charge in [-0.2, -0.15) is 0 Å². The van der Waals surface area contributed by atoms with Crippen LogP contribution in [0.3, 0.4) is 0 Å². The fraction of sp³-hybridized carbons (Fsp3) is 0.917. The summed E-state index contributed by atoms with van der Waals surface area (Å²) in [7, 11) is 0. The largest absolute Gasteiger partial charge is 0.444 e. The number of piperidine rings is 1. The van der Waals surface area contributed by atoms with Crippen molar-refractivity contribution in [1.29, 1.82) is 0 Å². The highest BCUT2D eigenvalue weighted by atomic mass is 19.1. The van der Waals surface area contributed by atoms with E-state index in [0.29, 0.717) is 12.8 Å². The number of ether oxygens (including phenoxy) is 1. The van der Waals surface area contributed by atoms with Crippen LogP contribution in [0.5, 0.6) is 0 Å². The number of alkyl halides is 1. The third kappa shape index (κ3) is 2.39. The van der Waals surface area contributed by atoms with E-state index >= 15 is 0 Å². The maximum atomic E-state index is 13.9. The Morgan fingerprint density at radius 1 is 1.41 bits per heavy atom. The van der Waals surface area contributed by atoms with Crippen molar-refractivity contribution in [1.82, 2.24) is 4.90 Å². The van der Waals surface area contributed by atoms with Crippen molar-refractivity contribution < 1.29 is 13.9 Å². The first-order valence-electron chi connectivity index (χ1n) is 6.20. The molecule has 2 heterocycles. The fourth-order valence-corrected chi connectivity index (χ4v) is 2.78. The first-order chi connectivity index (χ1) is 7.79. The average molecular weight is 244 g/mol. The molecular weight excluding hydrogens is 223 g/mol. The number of carbonyl (C=O) groups is 1. The average Bonchev–Trinajstić information content (AvgIpc) is 2.51. The van der Waals surface area contributed by atoms with Crippen molar-refractivity contribution in [3.8, 4) is 0 Å². The van der Waals surface area contributed by atoms with Crippen LogP contribution in [0.15, 0.2) is 0 Å². The molecular formula is C12H21FN2O2. The number of nitrogens with zero attached hydrogens (tertiary/aromatic N) is 1. The highest BCUT2D eigenvalue weighted by Gasteiger charge is 2.49. The molecule has 0 unspecified atom stereocenters. The van der Waals surface area contributed by atoms with Gasteiger partial charge in [-0.25, -0.2) is 9.18 Å². The van der Waals surface area contributed by atoms with Crippen LogP contribution < -0.4 is 5.73 Å². The molecule has 0 spiro atoms. The Morgan fingerprint density at radius 3 is 2.65 bits per heavy atom. The molecule has 98 valence electrons. The molecule has 0 aromatic heterocycles. The Balaban J connectivity index is 2.10. The summed E-state index contributed by atoms with van der Waals surface area (Å²) in [5.41, 5.74) is 5.20. The van der Waals surface area contributed by atoms with Gasteiger partial charge < -0.3 is 10.5 Å². The summed E-state index contributed by atoms with van der Waals surface area (Å²) < 4.78 is 19.3. The predicted molar refractivity (Wildman–Crippen MR) is 62.4 cm³/mol. The monoisotopic (exact) mass is 244 g/mol. The molecule has 2 aliphatic heterocycles. The van der Waals surface area contributed by atoms with Gasteiger partial charge in [-0.1, -0.05) is 0 Å². The van der Waals surface area contributed by atoms with Gasteiger partial charge in [0.15, 0.2) is 0 Å². The van der Waals surface area contributed by atoms with Crippen LogP contribution in [0.2, 0.25) is 0 Å². The molecule has 0 radical (unpaired) electrons. The van der Waals surface area contributed by atoms with Crippen molar-refractivity contribution in [2.75, 3.05) is 0 Å². The number of nitrogens with two attached hydrogens (primary N) is 1. The van der Waals surface area contributed by atoms with Crippen LogP contribution in [0, 0.1) is 0 Å². The van der Waals surface area contributed by atoms with E-state index in [9.17, 15) is 9.18 Å². The van der Waals surface area contributed by atoms with Gasteiger partial charge in [0.25, 0.3) is 0 Å². The lowest BCUT2D eigenvalue weighted by Crippen LogP contribution is -2.57. The number of hydrogen-bond acceptors (Lipinski definition) is 3. The molecule has 17 heavy (non-hydrogen) atoms. The van der Waals surface area contributed by atoms with Crippen molar-refractivity contribution >= 4 is 6.09 Å². The zero-order valence-corrected chi connectivity index (χ0v) is 10.6. The van der Waals surface area contributed by atoms with Crippen LogP contribution in [0.4, 0.5) is 9.18 Å². The van der Waals surface area contributed by atoms with Gasteiger partial charge in [-0.3, -0.25) is 4.90 Å². The summed E-state index contributed by atoms with van der Waals surface area (Å²) in [6.07, 6.45) is 0.536. The smallest absolute Gasteiger partial charge is 0.410 e. The standard InChI is InChI=1S/C12H21FN2O2/c1-12(2,3)17-11(16)15-7-4-5-9(15)10(13)8(14)6-7/h7-10H,4-6,14H2,1-3H3/t7-,8-,9+,10-/m1/s1. The first-order valence-corrected chi connectivity index (χ1v) is 6.20. The SMILES string of the molecule is CC(C)(C)OC(=O)N1[C@@H]2CC[C@H]1[C@H](F)[C@H](N)C2. The van der Waals surface area contributed by atoms with Crippen molar-refractivity contribution in [2.45, 2.75) is 69.9 Å². The lowest BCUT2D eigenvalue weighted by Gasteiger charge is -2.40. The third-order valence-electron chi connectivity index (χ3n) is 3.47. The zero-order chi connectivity index (χ0) is 12.8. The molecule has 0 aliphatic carbocycles. The van der Waals surface area contributed by atoms with E-state index in [-0.39, 0.29) is 6.04 Å². The lowest BCUT2D eigenvalue weighted by molar-refractivity contribution is -0.00988. The van der Waals surface area contributed by atoms with Crippen LogP contribution in [0.1, 0.15) is 40.0 Å².